The van der Waals surface area contributed by atoms with E-state index in [-0.39, 0.29) is 44.2 Å². The smallest absolute Gasteiger partial charge is 0.419 e. The van der Waals surface area contributed by atoms with Crippen LogP contribution in [-0.2, 0) is 19.2 Å². The highest BCUT2D eigenvalue weighted by molar-refractivity contribution is 6.03. The van der Waals surface area contributed by atoms with Crippen LogP contribution < -0.4 is 18.9 Å². The van der Waals surface area contributed by atoms with E-state index in [1.807, 2.05) is 0 Å². The zero-order valence-electron chi connectivity index (χ0n) is 22.8. The summed E-state index contributed by atoms with van der Waals surface area (Å²) in [6, 6.07) is 7.12. The van der Waals surface area contributed by atoms with Crippen LogP contribution in [0.5, 0.6) is 23.0 Å². The van der Waals surface area contributed by atoms with Crippen molar-refractivity contribution in [3.63, 3.8) is 0 Å². The summed E-state index contributed by atoms with van der Waals surface area (Å²) in [5.74, 6) is -7.99. The minimum absolute atomic E-state index is 0.00275. The third kappa shape index (κ3) is 7.51. The number of fused-ring (bicyclic) bond motifs is 2. The van der Waals surface area contributed by atoms with E-state index in [0.29, 0.717) is 0 Å². The molecule has 3 rings (SSSR count). The molecule has 3 aromatic carbocycles. The Morgan fingerprint density at radius 2 is 0.705 bits per heavy atom. The first-order chi connectivity index (χ1) is 20.2. The predicted molar refractivity (Wildman–Crippen MR) is 144 cm³/mol. The molecule has 0 atom stereocenters. The van der Waals surface area contributed by atoms with Crippen molar-refractivity contribution in [3.8, 4) is 23.0 Å². The van der Waals surface area contributed by atoms with Crippen molar-refractivity contribution in [3.05, 3.63) is 85.0 Å². The SMILES string of the molecule is C=C(C)C(=O)Oc1cc2cc3cc(OC(=O)C(=C)C(F)(F)F)c(OC(=O)C(=C)C(F)(F)F)cc3cc2cc1OC(=O)C(=C)C. The maximum Gasteiger partial charge on any atom is 0.422 e. The lowest BCUT2D eigenvalue weighted by atomic mass is 10.0. The van der Waals surface area contributed by atoms with Gasteiger partial charge in [0.15, 0.2) is 23.0 Å². The Bertz CT molecular complexity index is 1670. The van der Waals surface area contributed by atoms with Gasteiger partial charge in [-0.2, -0.15) is 26.3 Å². The molecular formula is C30H20F6O8. The van der Waals surface area contributed by atoms with Crippen LogP contribution in [0.3, 0.4) is 0 Å². The van der Waals surface area contributed by atoms with E-state index in [1.165, 1.54) is 38.1 Å². The number of benzene rings is 3. The molecular weight excluding hydrogens is 602 g/mol. The Morgan fingerprint density at radius 3 is 0.909 bits per heavy atom. The fraction of sp³-hybridized carbons (Fsp3) is 0.133. The topological polar surface area (TPSA) is 105 Å². The lowest BCUT2D eigenvalue weighted by Crippen LogP contribution is -2.25. The molecule has 0 aliphatic carbocycles. The molecule has 3 aromatic rings. The van der Waals surface area contributed by atoms with Crippen molar-refractivity contribution < 1.29 is 64.5 Å². The van der Waals surface area contributed by atoms with Crippen LogP contribution in [0.1, 0.15) is 13.8 Å². The van der Waals surface area contributed by atoms with Crippen LogP contribution in [0.2, 0.25) is 0 Å². The molecule has 0 saturated carbocycles. The fourth-order valence-electron chi connectivity index (χ4n) is 3.27. The Labute approximate surface area is 244 Å². The van der Waals surface area contributed by atoms with Crippen molar-refractivity contribution in [2.75, 3.05) is 0 Å². The number of carbonyl (C=O) groups excluding carboxylic acids is 4. The minimum atomic E-state index is -5.21. The van der Waals surface area contributed by atoms with Gasteiger partial charge >= 0.3 is 36.2 Å². The maximum atomic E-state index is 13.0. The number of hydrogen-bond donors (Lipinski definition) is 0. The summed E-state index contributed by atoms with van der Waals surface area (Å²) in [5.41, 5.74) is -3.89. The first-order valence-electron chi connectivity index (χ1n) is 12.0. The van der Waals surface area contributed by atoms with E-state index in [4.69, 9.17) is 18.9 Å². The molecule has 0 saturated heterocycles. The molecule has 0 aliphatic heterocycles. The third-order valence-corrected chi connectivity index (χ3v) is 5.61. The standard InChI is InChI=1S/C30H20F6O8/c1-13(2)25(37)41-21-9-17-7-19-11-23(43-27(39)15(5)29(31,32)33)24(44-28(40)16(6)30(34,35)36)12-20(19)8-18(17)10-22(21)42-26(38)14(3)4/h7-12H,1,3,5-6H2,2,4H3. The van der Waals surface area contributed by atoms with Gasteiger partial charge in [-0.05, 0) is 71.8 Å². The quantitative estimate of drug-likeness (QED) is 0.0870. The molecule has 0 aliphatic rings. The average Bonchev–Trinajstić information content (AvgIpc) is 2.90. The zero-order valence-corrected chi connectivity index (χ0v) is 22.8. The lowest BCUT2D eigenvalue weighted by Gasteiger charge is -2.16. The average molecular weight is 622 g/mol. The van der Waals surface area contributed by atoms with Crippen LogP contribution in [0.25, 0.3) is 21.5 Å². The van der Waals surface area contributed by atoms with Crippen LogP contribution in [-0.4, -0.2) is 36.2 Å². The molecule has 0 amide bonds. The predicted octanol–water partition coefficient (Wildman–Crippen LogP) is 7.00. The summed E-state index contributed by atoms with van der Waals surface area (Å²) in [6.45, 7) is 14.9. The monoisotopic (exact) mass is 622 g/mol. The Kier molecular flexibility index (Phi) is 9.08. The summed E-state index contributed by atoms with van der Waals surface area (Å²) in [6.07, 6.45) is -10.4. The van der Waals surface area contributed by atoms with Crippen molar-refractivity contribution in [2.24, 2.45) is 0 Å². The highest BCUT2D eigenvalue weighted by Gasteiger charge is 2.40. The number of ether oxygens (including phenoxy) is 4. The largest absolute Gasteiger partial charge is 0.422 e. The molecule has 0 aromatic heterocycles. The van der Waals surface area contributed by atoms with Gasteiger partial charge in [0.25, 0.3) is 0 Å². The van der Waals surface area contributed by atoms with E-state index in [0.717, 1.165) is 12.1 Å². The van der Waals surface area contributed by atoms with Gasteiger partial charge in [-0.1, -0.05) is 26.3 Å². The second-order valence-corrected chi connectivity index (χ2v) is 9.22. The fourth-order valence-corrected chi connectivity index (χ4v) is 3.27. The molecule has 8 nitrogen and oxygen atoms in total. The van der Waals surface area contributed by atoms with Gasteiger partial charge in [-0.15, -0.1) is 0 Å². The molecule has 0 unspecified atom stereocenters. The van der Waals surface area contributed by atoms with Gasteiger partial charge in [0, 0.05) is 11.1 Å². The van der Waals surface area contributed by atoms with E-state index in [2.05, 4.69) is 26.3 Å². The molecule has 0 N–H and O–H groups in total. The number of rotatable bonds is 8. The molecule has 44 heavy (non-hydrogen) atoms. The van der Waals surface area contributed by atoms with Gasteiger partial charge in [0.05, 0.1) is 0 Å². The number of hydrogen-bond acceptors (Lipinski definition) is 8. The highest BCUT2D eigenvalue weighted by Crippen LogP contribution is 2.40. The Hall–Kier alpha value is -5.40. The van der Waals surface area contributed by atoms with E-state index >= 15 is 0 Å². The van der Waals surface area contributed by atoms with Crippen LogP contribution in [0.15, 0.2) is 85.0 Å². The van der Waals surface area contributed by atoms with E-state index in [1.54, 1.807) is 0 Å². The highest BCUT2D eigenvalue weighted by atomic mass is 19.4. The van der Waals surface area contributed by atoms with Crippen molar-refractivity contribution in [2.45, 2.75) is 26.2 Å². The zero-order chi connectivity index (χ0) is 33.3. The van der Waals surface area contributed by atoms with Crippen molar-refractivity contribution in [1.82, 2.24) is 0 Å². The van der Waals surface area contributed by atoms with Gasteiger partial charge in [-0.25, -0.2) is 19.2 Å². The molecule has 14 heteroatoms. The van der Waals surface area contributed by atoms with Crippen LogP contribution in [0, 0.1) is 0 Å². The second kappa shape index (κ2) is 12.1. The van der Waals surface area contributed by atoms with E-state index in [9.17, 15) is 45.5 Å². The molecule has 0 heterocycles. The number of esters is 4. The number of halogens is 6. The summed E-state index contributed by atoms with van der Waals surface area (Å²) in [7, 11) is 0. The van der Waals surface area contributed by atoms with Crippen LogP contribution in [0.4, 0.5) is 26.3 Å². The summed E-state index contributed by atoms with van der Waals surface area (Å²) < 4.78 is 98.0. The Balaban J connectivity index is 2.24. The molecule has 230 valence electrons. The molecule has 0 radical (unpaired) electrons. The third-order valence-electron chi connectivity index (χ3n) is 5.61. The van der Waals surface area contributed by atoms with Crippen LogP contribution >= 0.6 is 0 Å². The molecule has 0 spiro atoms. The van der Waals surface area contributed by atoms with Gasteiger partial charge in [0.2, 0.25) is 0 Å². The minimum Gasteiger partial charge on any atom is -0.419 e. The Morgan fingerprint density at radius 1 is 0.477 bits per heavy atom. The lowest BCUT2D eigenvalue weighted by molar-refractivity contribution is -0.145. The number of alkyl halides is 6. The molecule has 0 bridgehead atoms. The van der Waals surface area contributed by atoms with Gasteiger partial charge in [0.1, 0.15) is 11.1 Å². The maximum absolute atomic E-state index is 13.0. The van der Waals surface area contributed by atoms with Crippen molar-refractivity contribution >= 4 is 45.4 Å². The summed E-state index contributed by atoms with van der Waals surface area (Å²) >= 11 is 0. The normalized spacial score (nSPS) is 11.5. The second-order valence-electron chi connectivity index (χ2n) is 9.22. The van der Waals surface area contributed by atoms with Gasteiger partial charge < -0.3 is 18.9 Å². The first-order valence-corrected chi connectivity index (χ1v) is 12.0. The van der Waals surface area contributed by atoms with Crippen molar-refractivity contribution in [1.29, 1.82) is 0 Å². The first kappa shape index (κ1) is 33.1. The van der Waals surface area contributed by atoms with Gasteiger partial charge in [-0.3, -0.25) is 0 Å². The summed E-state index contributed by atoms with van der Waals surface area (Å²) in [5, 5.41) is 0.779. The molecule has 0 fully saturated rings. The van der Waals surface area contributed by atoms with E-state index < -0.39 is 58.9 Å². The number of carbonyl (C=O) groups is 4. The summed E-state index contributed by atoms with van der Waals surface area (Å²) in [4.78, 5) is 48.7.